The van der Waals surface area contributed by atoms with Gasteiger partial charge < -0.3 is 20.1 Å². The summed E-state index contributed by atoms with van der Waals surface area (Å²) in [4.78, 5) is 27.0. The van der Waals surface area contributed by atoms with E-state index in [0.717, 1.165) is 24.1 Å². The second kappa shape index (κ2) is 9.71. The summed E-state index contributed by atoms with van der Waals surface area (Å²) in [6.45, 7) is 1.68. The molecule has 4 rings (SSSR count). The van der Waals surface area contributed by atoms with Gasteiger partial charge in [0.15, 0.2) is 0 Å². The van der Waals surface area contributed by atoms with Crippen LogP contribution in [-0.2, 0) is 6.54 Å². The SMILES string of the molecule is O=C(NCc1ccc(Cl)cc1)NC1CCN(C(=O)c2cccc(-n3cccc3)c2)CC1. The van der Waals surface area contributed by atoms with Gasteiger partial charge in [-0.1, -0.05) is 29.8 Å². The van der Waals surface area contributed by atoms with Crippen molar-refractivity contribution < 1.29 is 9.59 Å². The lowest BCUT2D eigenvalue weighted by molar-refractivity contribution is 0.0708. The summed E-state index contributed by atoms with van der Waals surface area (Å²) >= 11 is 5.88. The zero-order valence-corrected chi connectivity index (χ0v) is 17.9. The van der Waals surface area contributed by atoms with Gasteiger partial charge in [0.05, 0.1) is 0 Å². The van der Waals surface area contributed by atoms with Crippen molar-refractivity contribution in [3.8, 4) is 5.69 Å². The summed E-state index contributed by atoms with van der Waals surface area (Å²) in [7, 11) is 0. The molecule has 0 radical (unpaired) electrons. The average Bonchev–Trinajstić information content (AvgIpc) is 3.34. The van der Waals surface area contributed by atoms with E-state index in [1.807, 2.05) is 70.4 Å². The van der Waals surface area contributed by atoms with Crippen LogP contribution >= 0.6 is 11.6 Å². The number of hydrogen-bond acceptors (Lipinski definition) is 2. The topological polar surface area (TPSA) is 66.4 Å². The minimum atomic E-state index is -0.195. The molecule has 0 saturated carbocycles. The Labute approximate surface area is 186 Å². The van der Waals surface area contributed by atoms with Gasteiger partial charge in [-0.2, -0.15) is 0 Å². The molecule has 160 valence electrons. The van der Waals surface area contributed by atoms with E-state index in [1.54, 1.807) is 12.1 Å². The van der Waals surface area contributed by atoms with Gasteiger partial charge in [0, 0.05) is 54.3 Å². The molecule has 0 spiro atoms. The first kappa shape index (κ1) is 21.0. The third-order valence-electron chi connectivity index (χ3n) is 5.48. The molecular weight excluding hydrogens is 412 g/mol. The molecule has 2 N–H and O–H groups in total. The van der Waals surface area contributed by atoms with E-state index < -0.39 is 0 Å². The summed E-state index contributed by atoms with van der Waals surface area (Å²) in [5, 5.41) is 6.55. The van der Waals surface area contributed by atoms with Gasteiger partial charge in [-0.05, 0) is 60.9 Å². The van der Waals surface area contributed by atoms with Crippen molar-refractivity contribution in [3.63, 3.8) is 0 Å². The van der Waals surface area contributed by atoms with Crippen LogP contribution < -0.4 is 10.6 Å². The standard InChI is InChI=1S/C24H25ClN4O2/c25-20-8-6-18(7-9-20)17-26-24(31)27-21-10-14-29(15-11-21)23(30)19-4-3-5-22(16-19)28-12-1-2-13-28/h1-9,12-13,16,21H,10-11,14-15,17H2,(H2,26,27,31). The Morgan fingerprint density at radius 3 is 2.39 bits per heavy atom. The number of nitrogens with one attached hydrogen (secondary N) is 2. The molecule has 1 aliphatic rings. The molecule has 31 heavy (non-hydrogen) atoms. The Balaban J connectivity index is 1.25. The van der Waals surface area contributed by atoms with Crippen molar-refractivity contribution in [2.45, 2.75) is 25.4 Å². The number of carbonyl (C=O) groups excluding carboxylic acids is 2. The van der Waals surface area contributed by atoms with E-state index >= 15 is 0 Å². The highest BCUT2D eigenvalue weighted by Gasteiger charge is 2.24. The first-order valence-corrected chi connectivity index (χ1v) is 10.8. The molecule has 2 heterocycles. The lowest BCUT2D eigenvalue weighted by Crippen LogP contribution is -2.49. The molecule has 1 saturated heterocycles. The van der Waals surface area contributed by atoms with Crippen LogP contribution in [-0.4, -0.2) is 40.5 Å². The Morgan fingerprint density at radius 1 is 0.968 bits per heavy atom. The van der Waals surface area contributed by atoms with Gasteiger partial charge in [-0.25, -0.2) is 4.79 Å². The van der Waals surface area contributed by atoms with Gasteiger partial charge in [0.2, 0.25) is 0 Å². The Morgan fingerprint density at radius 2 is 1.68 bits per heavy atom. The number of halogens is 1. The van der Waals surface area contributed by atoms with Crippen molar-refractivity contribution >= 4 is 23.5 Å². The second-order valence-corrected chi connectivity index (χ2v) is 8.10. The van der Waals surface area contributed by atoms with Crippen LogP contribution in [0.5, 0.6) is 0 Å². The molecule has 0 bridgehead atoms. The van der Waals surface area contributed by atoms with Crippen molar-refractivity contribution in [2.24, 2.45) is 0 Å². The van der Waals surface area contributed by atoms with Crippen LogP contribution in [0.15, 0.2) is 73.1 Å². The maximum Gasteiger partial charge on any atom is 0.315 e. The zero-order valence-electron chi connectivity index (χ0n) is 17.1. The maximum atomic E-state index is 12.9. The third-order valence-corrected chi connectivity index (χ3v) is 5.73. The smallest absolute Gasteiger partial charge is 0.315 e. The van der Waals surface area contributed by atoms with Crippen LogP contribution in [0.2, 0.25) is 5.02 Å². The number of amides is 3. The molecule has 3 amide bonds. The predicted molar refractivity (Wildman–Crippen MR) is 122 cm³/mol. The zero-order chi connectivity index (χ0) is 21.6. The van der Waals surface area contributed by atoms with Gasteiger partial charge >= 0.3 is 6.03 Å². The minimum Gasteiger partial charge on any atom is -0.338 e. The van der Waals surface area contributed by atoms with E-state index in [9.17, 15) is 9.59 Å². The monoisotopic (exact) mass is 436 g/mol. The van der Waals surface area contributed by atoms with E-state index in [0.29, 0.717) is 30.2 Å². The van der Waals surface area contributed by atoms with Crippen LogP contribution in [0.25, 0.3) is 5.69 Å². The molecule has 3 aromatic rings. The molecule has 6 nitrogen and oxygen atoms in total. The first-order chi connectivity index (χ1) is 15.1. The highest BCUT2D eigenvalue weighted by atomic mass is 35.5. The fraction of sp³-hybridized carbons (Fsp3) is 0.250. The van der Waals surface area contributed by atoms with Gasteiger partial charge in [-0.3, -0.25) is 4.79 Å². The molecule has 0 aliphatic carbocycles. The number of urea groups is 1. The lowest BCUT2D eigenvalue weighted by Gasteiger charge is -2.32. The molecule has 0 atom stereocenters. The number of benzene rings is 2. The van der Waals surface area contributed by atoms with Crippen LogP contribution in [0.3, 0.4) is 0 Å². The fourth-order valence-electron chi connectivity index (χ4n) is 3.74. The summed E-state index contributed by atoms with van der Waals surface area (Å²) in [6, 6.07) is 18.8. The number of carbonyl (C=O) groups is 2. The number of aromatic nitrogens is 1. The van der Waals surface area contributed by atoms with Crippen molar-refractivity contribution in [3.05, 3.63) is 89.2 Å². The minimum absolute atomic E-state index is 0.0275. The van der Waals surface area contributed by atoms with Crippen molar-refractivity contribution in [2.75, 3.05) is 13.1 Å². The first-order valence-electron chi connectivity index (χ1n) is 10.4. The number of nitrogens with zero attached hydrogens (tertiary/aromatic N) is 2. The van der Waals surface area contributed by atoms with Gasteiger partial charge in [0.1, 0.15) is 0 Å². The molecule has 7 heteroatoms. The number of rotatable bonds is 5. The van der Waals surface area contributed by atoms with E-state index in [1.165, 1.54) is 0 Å². The highest BCUT2D eigenvalue weighted by molar-refractivity contribution is 6.30. The van der Waals surface area contributed by atoms with Crippen molar-refractivity contribution in [1.29, 1.82) is 0 Å². The third kappa shape index (κ3) is 5.47. The number of hydrogen-bond donors (Lipinski definition) is 2. The largest absolute Gasteiger partial charge is 0.338 e. The number of piperidine rings is 1. The maximum absolute atomic E-state index is 12.9. The van der Waals surface area contributed by atoms with E-state index in [2.05, 4.69) is 10.6 Å². The van der Waals surface area contributed by atoms with Gasteiger partial charge in [0.25, 0.3) is 5.91 Å². The van der Waals surface area contributed by atoms with E-state index in [-0.39, 0.29) is 18.0 Å². The van der Waals surface area contributed by atoms with Crippen molar-refractivity contribution in [1.82, 2.24) is 20.1 Å². The Kier molecular flexibility index (Phi) is 6.57. The second-order valence-electron chi connectivity index (χ2n) is 7.66. The number of likely N-dealkylation sites (tertiary alicyclic amines) is 1. The fourth-order valence-corrected chi connectivity index (χ4v) is 3.86. The molecule has 1 aromatic heterocycles. The summed E-state index contributed by atoms with van der Waals surface area (Å²) in [6.07, 6.45) is 5.38. The molecule has 0 unspecified atom stereocenters. The molecule has 1 aliphatic heterocycles. The van der Waals surface area contributed by atoms with Crippen LogP contribution in [0.1, 0.15) is 28.8 Å². The lowest BCUT2D eigenvalue weighted by atomic mass is 10.0. The summed E-state index contributed by atoms with van der Waals surface area (Å²) in [5.41, 5.74) is 2.63. The summed E-state index contributed by atoms with van der Waals surface area (Å²) in [5.74, 6) is 0.0275. The molecule has 1 fully saturated rings. The van der Waals surface area contributed by atoms with Gasteiger partial charge in [-0.15, -0.1) is 0 Å². The molecular formula is C24H25ClN4O2. The normalized spacial score (nSPS) is 14.3. The van der Waals surface area contributed by atoms with Crippen LogP contribution in [0.4, 0.5) is 4.79 Å². The predicted octanol–water partition coefficient (Wildman–Crippen LogP) is 4.23. The summed E-state index contributed by atoms with van der Waals surface area (Å²) < 4.78 is 1.98. The average molecular weight is 437 g/mol. The van der Waals surface area contributed by atoms with Crippen LogP contribution in [0, 0.1) is 0 Å². The Bertz CT molecular complexity index is 1030. The molecule has 2 aromatic carbocycles. The highest BCUT2D eigenvalue weighted by Crippen LogP contribution is 2.17. The quantitative estimate of drug-likeness (QED) is 0.628. The Hall–Kier alpha value is -3.25. The van der Waals surface area contributed by atoms with E-state index in [4.69, 9.17) is 11.6 Å².